The van der Waals surface area contributed by atoms with Crippen LogP contribution >= 0.6 is 23.6 Å². The number of methoxy groups -OCH3 is 1. The van der Waals surface area contributed by atoms with E-state index in [0.29, 0.717) is 21.4 Å². The molecular formula is C21H23N5O3S2. The number of carbonyl (C=O) groups excluding carboxylic acids is 2. The number of fused-ring (bicyclic) bond motifs is 1. The zero-order valence-electron chi connectivity index (χ0n) is 17.2. The predicted molar refractivity (Wildman–Crippen MR) is 121 cm³/mol. The van der Waals surface area contributed by atoms with E-state index in [1.165, 1.54) is 21.8 Å². The van der Waals surface area contributed by atoms with Gasteiger partial charge in [-0.2, -0.15) is 5.10 Å². The van der Waals surface area contributed by atoms with Crippen molar-refractivity contribution in [3.63, 3.8) is 0 Å². The third kappa shape index (κ3) is 4.70. The number of benzene rings is 1. The van der Waals surface area contributed by atoms with Crippen LogP contribution in [0.2, 0.25) is 0 Å². The Morgan fingerprint density at radius 1 is 1.32 bits per heavy atom. The first kappa shape index (κ1) is 21.3. The molecule has 1 unspecified atom stereocenters. The molecule has 10 heteroatoms. The highest BCUT2D eigenvalue weighted by Gasteiger charge is 2.21. The number of rotatable bonds is 5. The summed E-state index contributed by atoms with van der Waals surface area (Å²) in [6.45, 7) is 2.14. The van der Waals surface area contributed by atoms with Crippen LogP contribution in [0, 0.1) is 10.7 Å². The molecule has 2 amide bonds. The van der Waals surface area contributed by atoms with E-state index in [4.69, 9.17) is 17.0 Å². The van der Waals surface area contributed by atoms with Crippen LogP contribution in [-0.4, -0.2) is 33.7 Å². The highest BCUT2D eigenvalue weighted by atomic mass is 32.1. The van der Waals surface area contributed by atoms with Gasteiger partial charge in [-0.3, -0.25) is 30.1 Å². The number of hydrogen-bond donors (Lipinski definition) is 3. The molecule has 4 rings (SSSR count). The summed E-state index contributed by atoms with van der Waals surface area (Å²) in [4.78, 5) is 26.8. The van der Waals surface area contributed by atoms with Gasteiger partial charge >= 0.3 is 0 Å². The first-order valence-electron chi connectivity index (χ1n) is 9.95. The SMILES string of the molecule is COc1ccc(-c2n[nH]c(=S)n2CC(=O)NNC(=O)c2cc3c(s2)CCC(C)C3)cc1. The fourth-order valence-corrected chi connectivity index (χ4v) is 4.91. The van der Waals surface area contributed by atoms with Crippen LogP contribution in [0.4, 0.5) is 0 Å². The third-order valence-electron chi connectivity index (χ3n) is 5.28. The van der Waals surface area contributed by atoms with Crippen LogP contribution in [-0.2, 0) is 24.2 Å². The van der Waals surface area contributed by atoms with Crippen LogP contribution in [0.3, 0.4) is 0 Å². The normalized spacial score (nSPS) is 15.2. The number of H-pyrrole nitrogens is 1. The van der Waals surface area contributed by atoms with E-state index in [0.717, 1.165) is 30.6 Å². The Kier molecular flexibility index (Phi) is 6.19. The molecule has 3 aromatic rings. The molecule has 1 aliphatic carbocycles. The maximum atomic E-state index is 12.5. The second kappa shape index (κ2) is 9.03. The Bertz CT molecular complexity index is 1160. The van der Waals surface area contributed by atoms with Crippen molar-refractivity contribution in [1.82, 2.24) is 25.6 Å². The second-order valence-corrected chi connectivity index (χ2v) is 9.10. The number of aromatic amines is 1. The van der Waals surface area contributed by atoms with Crippen LogP contribution < -0.4 is 15.6 Å². The number of hydrogen-bond acceptors (Lipinski definition) is 6. The maximum absolute atomic E-state index is 12.5. The summed E-state index contributed by atoms with van der Waals surface area (Å²) in [6, 6.07) is 9.21. The van der Waals surface area contributed by atoms with Gasteiger partial charge in [-0.1, -0.05) is 6.92 Å². The molecule has 1 atom stereocenters. The van der Waals surface area contributed by atoms with Gasteiger partial charge in [-0.05, 0) is 73.3 Å². The Morgan fingerprint density at radius 2 is 2.10 bits per heavy atom. The monoisotopic (exact) mass is 457 g/mol. The first-order valence-corrected chi connectivity index (χ1v) is 11.2. The molecule has 31 heavy (non-hydrogen) atoms. The van der Waals surface area contributed by atoms with Crippen molar-refractivity contribution in [2.24, 2.45) is 5.92 Å². The van der Waals surface area contributed by atoms with Gasteiger partial charge in [-0.15, -0.1) is 11.3 Å². The van der Waals surface area contributed by atoms with Gasteiger partial charge in [0.05, 0.1) is 12.0 Å². The number of ether oxygens (including phenoxy) is 1. The molecule has 0 saturated carbocycles. The summed E-state index contributed by atoms with van der Waals surface area (Å²) in [5.74, 6) is 1.16. The Balaban J connectivity index is 1.40. The third-order valence-corrected chi connectivity index (χ3v) is 6.82. The Morgan fingerprint density at radius 3 is 2.84 bits per heavy atom. The molecule has 2 heterocycles. The van der Waals surface area contributed by atoms with E-state index in [1.807, 2.05) is 18.2 Å². The minimum atomic E-state index is -0.407. The lowest BCUT2D eigenvalue weighted by Crippen LogP contribution is -2.43. The van der Waals surface area contributed by atoms with E-state index >= 15 is 0 Å². The van der Waals surface area contributed by atoms with Crippen LogP contribution in [0.5, 0.6) is 5.75 Å². The summed E-state index contributed by atoms with van der Waals surface area (Å²) in [7, 11) is 1.59. The van der Waals surface area contributed by atoms with Crippen molar-refractivity contribution in [2.75, 3.05) is 7.11 Å². The van der Waals surface area contributed by atoms with Crippen LogP contribution in [0.15, 0.2) is 30.3 Å². The Labute approximate surface area is 188 Å². The number of hydrazine groups is 1. The lowest BCUT2D eigenvalue weighted by Gasteiger charge is -2.16. The molecule has 8 nitrogen and oxygen atoms in total. The molecule has 3 N–H and O–H groups in total. The van der Waals surface area contributed by atoms with E-state index in [2.05, 4.69) is 28.0 Å². The van der Waals surface area contributed by atoms with E-state index in [-0.39, 0.29) is 12.5 Å². The van der Waals surface area contributed by atoms with Crippen molar-refractivity contribution in [2.45, 2.75) is 32.7 Å². The zero-order chi connectivity index (χ0) is 22.0. The molecule has 2 aromatic heterocycles. The smallest absolute Gasteiger partial charge is 0.279 e. The zero-order valence-corrected chi connectivity index (χ0v) is 18.9. The predicted octanol–water partition coefficient (Wildman–Crippen LogP) is 3.26. The number of nitrogens with one attached hydrogen (secondary N) is 3. The van der Waals surface area contributed by atoms with Gasteiger partial charge in [0.2, 0.25) is 0 Å². The molecule has 0 spiro atoms. The average Bonchev–Trinajstić information content (AvgIpc) is 3.35. The largest absolute Gasteiger partial charge is 0.497 e. The lowest BCUT2D eigenvalue weighted by atomic mass is 9.90. The van der Waals surface area contributed by atoms with Crippen molar-refractivity contribution in [1.29, 1.82) is 0 Å². The van der Waals surface area contributed by atoms with E-state index < -0.39 is 5.91 Å². The number of aryl methyl sites for hydroxylation is 1. The van der Waals surface area contributed by atoms with Crippen molar-refractivity contribution >= 4 is 35.4 Å². The van der Waals surface area contributed by atoms with Crippen molar-refractivity contribution < 1.29 is 14.3 Å². The summed E-state index contributed by atoms with van der Waals surface area (Å²) in [5.41, 5.74) is 7.00. The molecule has 0 saturated heterocycles. The summed E-state index contributed by atoms with van der Waals surface area (Å²) >= 11 is 6.76. The highest BCUT2D eigenvalue weighted by Crippen LogP contribution is 2.32. The molecule has 162 valence electrons. The standard InChI is InChI=1S/C21H23N5O3S2/c1-12-3-8-16-14(9-12)10-17(31-16)20(28)24-22-18(27)11-26-19(23-25-21(26)30)13-4-6-15(29-2)7-5-13/h4-7,10,12H,3,8-9,11H2,1-2H3,(H,22,27)(H,24,28)(H,25,30). The highest BCUT2D eigenvalue weighted by molar-refractivity contribution is 7.71. The molecule has 0 bridgehead atoms. The summed E-state index contributed by atoms with van der Waals surface area (Å²) in [6.07, 6.45) is 3.15. The second-order valence-electron chi connectivity index (χ2n) is 7.58. The number of carbonyl (C=O) groups is 2. The van der Waals surface area contributed by atoms with Gasteiger partial charge in [0.1, 0.15) is 12.3 Å². The fourth-order valence-electron chi connectivity index (χ4n) is 3.61. The molecule has 0 aliphatic heterocycles. The molecular weight excluding hydrogens is 434 g/mol. The molecule has 0 fully saturated rings. The average molecular weight is 458 g/mol. The summed E-state index contributed by atoms with van der Waals surface area (Å²) in [5, 5.41) is 6.93. The minimum Gasteiger partial charge on any atom is -0.497 e. The quantitative estimate of drug-likeness (QED) is 0.403. The minimum absolute atomic E-state index is 0.0879. The number of amides is 2. The summed E-state index contributed by atoms with van der Waals surface area (Å²) < 4.78 is 7.05. The van der Waals surface area contributed by atoms with Gasteiger partial charge in [0.15, 0.2) is 10.6 Å². The van der Waals surface area contributed by atoms with Gasteiger partial charge in [-0.25, -0.2) is 0 Å². The van der Waals surface area contributed by atoms with Gasteiger partial charge in [0, 0.05) is 10.4 Å². The van der Waals surface area contributed by atoms with E-state index in [9.17, 15) is 9.59 Å². The number of nitrogens with zero attached hydrogens (tertiary/aromatic N) is 2. The van der Waals surface area contributed by atoms with E-state index in [1.54, 1.807) is 23.8 Å². The first-order chi connectivity index (χ1) is 14.9. The fraction of sp³-hybridized carbons (Fsp3) is 0.333. The van der Waals surface area contributed by atoms with Crippen LogP contribution in [0.1, 0.15) is 33.5 Å². The molecule has 0 radical (unpaired) electrons. The van der Waals surface area contributed by atoms with Crippen LogP contribution in [0.25, 0.3) is 11.4 Å². The lowest BCUT2D eigenvalue weighted by molar-refractivity contribution is -0.122. The molecule has 1 aliphatic rings. The van der Waals surface area contributed by atoms with Crippen molar-refractivity contribution in [3.8, 4) is 17.1 Å². The maximum Gasteiger partial charge on any atom is 0.279 e. The van der Waals surface area contributed by atoms with Gasteiger partial charge < -0.3 is 4.74 Å². The number of aromatic nitrogens is 3. The molecule has 1 aromatic carbocycles. The van der Waals surface area contributed by atoms with Gasteiger partial charge in [0.25, 0.3) is 11.8 Å². The Hall–Kier alpha value is -2.98. The topological polar surface area (TPSA) is 101 Å². The number of thiophene rings is 1. The van der Waals surface area contributed by atoms with Crippen molar-refractivity contribution in [3.05, 3.63) is 50.4 Å².